The normalized spacial score (nSPS) is 34.9. The van der Waals surface area contributed by atoms with Gasteiger partial charge in [0.05, 0.1) is 12.7 Å². The Morgan fingerprint density at radius 1 is 1.38 bits per heavy atom. The van der Waals surface area contributed by atoms with Crippen molar-refractivity contribution < 1.29 is 19.4 Å². The fourth-order valence-electron chi connectivity index (χ4n) is 3.62. The van der Waals surface area contributed by atoms with Crippen LogP contribution in [0, 0.1) is 5.41 Å². The molecule has 1 saturated heterocycles. The highest BCUT2D eigenvalue weighted by Crippen LogP contribution is 2.45. The predicted octanol–water partition coefficient (Wildman–Crippen LogP) is 5.21. The van der Waals surface area contributed by atoms with Crippen molar-refractivity contribution in [3.63, 3.8) is 0 Å². The second-order valence-electron chi connectivity index (χ2n) is 9.10. The number of carbonyl (C=O) groups excluding carboxylic acids is 1. The third kappa shape index (κ3) is 6.83. The van der Waals surface area contributed by atoms with Gasteiger partial charge in [-0.3, -0.25) is 0 Å². The van der Waals surface area contributed by atoms with Gasteiger partial charge in [0.25, 0.3) is 0 Å². The lowest BCUT2D eigenvalue weighted by atomic mass is 9.81. The van der Waals surface area contributed by atoms with Crippen molar-refractivity contribution in [3.05, 3.63) is 59.8 Å². The first-order chi connectivity index (χ1) is 13.6. The van der Waals surface area contributed by atoms with E-state index in [4.69, 9.17) is 9.47 Å². The summed E-state index contributed by atoms with van der Waals surface area (Å²) in [6.45, 7) is 13.9. The summed E-state index contributed by atoms with van der Waals surface area (Å²) in [7, 11) is 0. The first kappa shape index (κ1) is 23.4. The second-order valence-corrected chi connectivity index (χ2v) is 9.10. The molecule has 160 valence electrons. The van der Waals surface area contributed by atoms with Crippen LogP contribution in [0.1, 0.15) is 60.3 Å². The molecule has 29 heavy (non-hydrogen) atoms. The first-order valence-electron chi connectivity index (χ1n) is 10.4. The number of rotatable bonds is 6. The van der Waals surface area contributed by atoms with Crippen molar-refractivity contribution in [2.24, 2.45) is 5.41 Å². The molecule has 2 aliphatic rings. The highest BCUT2D eigenvalue weighted by atomic mass is 16.6. The van der Waals surface area contributed by atoms with Crippen LogP contribution in [0.2, 0.25) is 0 Å². The molecule has 0 spiro atoms. The predicted molar refractivity (Wildman–Crippen MR) is 117 cm³/mol. The lowest BCUT2D eigenvalue weighted by Gasteiger charge is -2.25. The van der Waals surface area contributed by atoms with Gasteiger partial charge < -0.3 is 14.6 Å². The summed E-state index contributed by atoms with van der Waals surface area (Å²) in [4.78, 5) is 12.3. The standard InChI is InChI=1S/C25H36O4/c1-18(2)8-7-13-24(5)14-11-20(17-26)9-10-22-25(6,29-22)21(12-15-24)28-23(27)16-19(3)4/h7-8,11-12,15-16,21-22,26H,1,9-10,13-14,17H2,2-6H3/b8-7+,15-12-,20-11+/t21-,22+,24-,25+/m1/s1. The highest BCUT2D eigenvalue weighted by Gasteiger charge is 2.58. The molecule has 0 aromatic carbocycles. The van der Waals surface area contributed by atoms with Gasteiger partial charge in [-0.15, -0.1) is 0 Å². The molecule has 2 rings (SSSR count). The molecule has 0 radical (unpaired) electrons. The topological polar surface area (TPSA) is 59.1 Å². The average molecular weight is 401 g/mol. The number of carbonyl (C=O) groups is 1. The molecule has 4 atom stereocenters. The molecular formula is C25H36O4. The number of aliphatic hydroxyl groups is 1. The Morgan fingerprint density at radius 3 is 2.72 bits per heavy atom. The smallest absolute Gasteiger partial charge is 0.331 e. The first-order valence-corrected chi connectivity index (χ1v) is 10.4. The lowest BCUT2D eigenvalue weighted by molar-refractivity contribution is -0.143. The van der Waals surface area contributed by atoms with Gasteiger partial charge >= 0.3 is 5.97 Å². The molecule has 0 aromatic heterocycles. The van der Waals surface area contributed by atoms with Crippen LogP contribution in [0.4, 0.5) is 0 Å². The van der Waals surface area contributed by atoms with Gasteiger partial charge in [0.2, 0.25) is 0 Å². The third-order valence-electron chi connectivity index (χ3n) is 5.64. The van der Waals surface area contributed by atoms with Crippen LogP contribution in [0.25, 0.3) is 0 Å². The van der Waals surface area contributed by atoms with E-state index in [1.165, 1.54) is 6.08 Å². The fourth-order valence-corrected chi connectivity index (χ4v) is 3.62. The van der Waals surface area contributed by atoms with E-state index in [2.05, 4.69) is 31.7 Å². The van der Waals surface area contributed by atoms with Gasteiger partial charge in [0.1, 0.15) is 5.60 Å². The number of hydrogen-bond donors (Lipinski definition) is 1. The van der Waals surface area contributed by atoms with Crippen LogP contribution in [-0.4, -0.2) is 35.5 Å². The van der Waals surface area contributed by atoms with Crippen LogP contribution < -0.4 is 0 Å². The summed E-state index contributed by atoms with van der Waals surface area (Å²) in [5, 5.41) is 9.75. The molecule has 1 fully saturated rings. The van der Waals surface area contributed by atoms with E-state index in [0.717, 1.165) is 42.4 Å². The van der Waals surface area contributed by atoms with Crippen LogP contribution in [0.3, 0.4) is 0 Å². The minimum atomic E-state index is -0.527. The number of aliphatic hydroxyl groups excluding tert-OH is 1. The monoisotopic (exact) mass is 400 g/mol. The van der Waals surface area contributed by atoms with Crippen molar-refractivity contribution in [2.45, 2.75) is 78.1 Å². The van der Waals surface area contributed by atoms with Crippen LogP contribution >= 0.6 is 0 Å². The van der Waals surface area contributed by atoms with E-state index in [1.807, 2.05) is 39.8 Å². The summed E-state index contributed by atoms with van der Waals surface area (Å²) in [6.07, 6.45) is 14.7. The SMILES string of the molecule is C=C(C)/C=C/C[C@@]1(C)/C=C\[C@@H](OC(=O)C=C(C)C)[C@]2(C)O[C@H]2CC/C(CO)=C\C1. The quantitative estimate of drug-likeness (QED) is 0.219. The van der Waals surface area contributed by atoms with E-state index in [1.54, 1.807) is 0 Å². The van der Waals surface area contributed by atoms with E-state index in [0.29, 0.717) is 0 Å². The molecule has 1 aliphatic heterocycles. The maximum absolute atomic E-state index is 12.3. The number of ether oxygens (including phenoxy) is 2. The van der Waals surface area contributed by atoms with Crippen molar-refractivity contribution >= 4 is 5.97 Å². The number of fused-ring (bicyclic) bond motifs is 1. The molecule has 1 N–H and O–H groups in total. The molecule has 1 aliphatic carbocycles. The minimum Gasteiger partial charge on any atom is -0.452 e. The maximum atomic E-state index is 12.3. The Balaban J connectivity index is 2.32. The zero-order valence-electron chi connectivity index (χ0n) is 18.5. The Labute approximate surface area is 175 Å². The van der Waals surface area contributed by atoms with Crippen molar-refractivity contribution in [1.82, 2.24) is 0 Å². The zero-order chi connectivity index (χ0) is 21.7. The summed E-state index contributed by atoms with van der Waals surface area (Å²) in [5.41, 5.74) is 2.25. The lowest BCUT2D eigenvalue weighted by Crippen LogP contribution is -2.32. The number of esters is 1. The van der Waals surface area contributed by atoms with Gasteiger partial charge in [-0.1, -0.05) is 49.0 Å². The minimum absolute atomic E-state index is 0.0132. The Hall–Kier alpha value is -1.91. The van der Waals surface area contributed by atoms with Crippen LogP contribution in [-0.2, 0) is 14.3 Å². The fraction of sp³-hybridized carbons (Fsp3) is 0.560. The number of allylic oxidation sites excluding steroid dienone is 6. The Morgan fingerprint density at radius 2 is 2.10 bits per heavy atom. The molecule has 1 heterocycles. The van der Waals surface area contributed by atoms with E-state index in [-0.39, 0.29) is 24.1 Å². The van der Waals surface area contributed by atoms with Crippen molar-refractivity contribution in [2.75, 3.05) is 6.61 Å². The Kier molecular flexibility index (Phi) is 7.84. The molecule has 4 nitrogen and oxygen atoms in total. The number of hydrogen-bond acceptors (Lipinski definition) is 4. The average Bonchev–Trinajstić information content (AvgIpc) is 3.28. The van der Waals surface area contributed by atoms with E-state index >= 15 is 0 Å². The second kappa shape index (κ2) is 9.73. The molecule has 0 unspecified atom stereocenters. The van der Waals surface area contributed by atoms with Crippen molar-refractivity contribution in [1.29, 1.82) is 0 Å². The largest absolute Gasteiger partial charge is 0.452 e. The molecule has 4 heteroatoms. The van der Waals surface area contributed by atoms with Crippen LogP contribution in [0.15, 0.2) is 59.8 Å². The molecule has 0 amide bonds. The maximum Gasteiger partial charge on any atom is 0.331 e. The Bertz CT molecular complexity index is 738. The summed E-state index contributed by atoms with van der Waals surface area (Å²) in [5.74, 6) is -0.344. The van der Waals surface area contributed by atoms with Crippen LogP contribution in [0.5, 0.6) is 0 Å². The molecular weight excluding hydrogens is 364 g/mol. The van der Waals surface area contributed by atoms with Gasteiger partial charge in [0, 0.05) is 6.08 Å². The van der Waals surface area contributed by atoms with Gasteiger partial charge in [-0.25, -0.2) is 4.79 Å². The van der Waals surface area contributed by atoms with Gasteiger partial charge in [0.15, 0.2) is 6.10 Å². The summed E-state index contributed by atoms with van der Waals surface area (Å²) in [6, 6.07) is 0. The molecule has 0 bridgehead atoms. The van der Waals surface area contributed by atoms with E-state index in [9.17, 15) is 9.90 Å². The number of epoxide rings is 1. The highest BCUT2D eigenvalue weighted by molar-refractivity contribution is 5.83. The van der Waals surface area contributed by atoms with Crippen molar-refractivity contribution in [3.8, 4) is 0 Å². The van der Waals surface area contributed by atoms with Gasteiger partial charge in [-0.05, 0) is 70.4 Å². The van der Waals surface area contributed by atoms with E-state index < -0.39 is 11.7 Å². The third-order valence-corrected chi connectivity index (χ3v) is 5.64. The zero-order valence-corrected chi connectivity index (χ0v) is 18.5. The summed E-state index contributed by atoms with van der Waals surface area (Å²) < 4.78 is 11.8. The summed E-state index contributed by atoms with van der Waals surface area (Å²) >= 11 is 0. The molecule has 0 saturated carbocycles. The molecule has 0 aromatic rings. The van der Waals surface area contributed by atoms with Gasteiger partial charge in [-0.2, -0.15) is 0 Å².